The molecule has 10 N–H and O–H groups in total. The number of aliphatic hydroxyl groups excluding tert-OH is 2. The second kappa shape index (κ2) is 41.2. The topological polar surface area (TPSA) is 322 Å². The molecule has 6 aliphatic rings. The lowest BCUT2D eigenvalue weighted by molar-refractivity contribution is -0.139. The molecule has 2 aromatic rings. The third kappa shape index (κ3) is 29.7. The number of hydrogen-bond acceptors (Lipinski definition) is 20. The first-order chi connectivity index (χ1) is 43.9. The molecule has 31 heteroatoms. The molecule has 544 valence electrons. The number of benzene rings is 2. The monoisotopic (exact) mass is 1410 g/mol. The van der Waals surface area contributed by atoms with Crippen molar-refractivity contribution in [2.75, 3.05) is 45.9 Å². The van der Waals surface area contributed by atoms with Crippen LogP contribution in [0.15, 0.2) is 70.5 Å². The molecule has 8 rings (SSSR count). The van der Waals surface area contributed by atoms with Gasteiger partial charge < -0.3 is 73.7 Å². The Kier molecular flexibility index (Phi) is 39.1. The van der Waals surface area contributed by atoms with Crippen LogP contribution >= 0.6 is 0 Å². The van der Waals surface area contributed by atoms with Gasteiger partial charge in [-0.1, -0.05) is 133 Å². The normalized spacial score (nSPS) is 26.5. The Labute approximate surface area is 578 Å². The Bertz CT molecular complexity index is 2770. The van der Waals surface area contributed by atoms with Crippen LogP contribution in [0.5, 0.6) is 0 Å². The van der Waals surface area contributed by atoms with Crippen LogP contribution in [0.4, 0.5) is 0 Å². The summed E-state index contributed by atoms with van der Waals surface area (Å²) in [7, 11) is -12.1. The zero-order valence-corrected chi connectivity index (χ0v) is 65.8. The average molecular weight is 1410 g/mol. The number of rotatable bonds is 16. The van der Waals surface area contributed by atoms with Crippen molar-refractivity contribution < 1.29 is 65.9 Å². The maximum absolute atomic E-state index is 12.2. The predicted octanol–water partition coefficient (Wildman–Crippen LogP) is 7.25. The number of aliphatic hydroxyl groups is 2. The molecule has 6 heterocycles. The van der Waals surface area contributed by atoms with Gasteiger partial charge in [0.25, 0.3) is 0 Å². The molecule has 6 aliphatic heterocycles. The second-order valence-electron chi connectivity index (χ2n) is 29.0. The molecule has 0 spiro atoms. The van der Waals surface area contributed by atoms with Crippen molar-refractivity contribution in [3.8, 4) is 6.19 Å². The molecule has 0 unspecified atom stereocenters. The van der Waals surface area contributed by atoms with Gasteiger partial charge in [0.15, 0.2) is 22.8 Å². The lowest BCUT2D eigenvalue weighted by Gasteiger charge is -2.38. The number of carbonyl (C=O) groups is 1. The summed E-state index contributed by atoms with van der Waals surface area (Å²) in [6, 6.07) is 17.0. The highest BCUT2D eigenvalue weighted by atomic mass is 32.2. The van der Waals surface area contributed by atoms with Gasteiger partial charge in [0.05, 0.1) is 34.7 Å². The van der Waals surface area contributed by atoms with Gasteiger partial charge in [0.2, 0.25) is 20.0 Å². The third-order valence-electron chi connectivity index (χ3n) is 19.0. The van der Waals surface area contributed by atoms with E-state index < -0.39 is 68.9 Å². The summed E-state index contributed by atoms with van der Waals surface area (Å²) in [6.45, 7) is 52.3. The van der Waals surface area contributed by atoms with E-state index in [0.29, 0.717) is 57.1 Å². The molecule has 0 amide bonds. The fourth-order valence-corrected chi connectivity index (χ4v) is 17.1. The van der Waals surface area contributed by atoms with E-state index in [-0.39, 0.29) is 76.9 Å². The fourth-order valence-electron chi connectivity index (χ4n) is 11.9. The standard InChI is InChI=1S/C12H19BN2O3S.C12H28BNO3Si.C12H28BNO2Si.C12H15N3O2S.C7H16BNO.C5H9NO3.2C2H6/c1-10-8-11(9-15(10)13(2)16)14-19(17,18)12-6-4-3-5-7-12;1-12(2,3)18(5,6)17-11-7-10(9-15)14(8-11)13(4)16;1-10-8-11(9-14(10)13(5)15)16-17(6,7)12(2,3)4;1-10-7-11(8-15(10)9-13)14-18(16,17)12-5-3-2-4-6-12;1-6-4-7(2)9(5-6)8(3)10;7-3-1-4(5(8)9)6-2-3;2*1-2/h3-7,10-11,14,16H,8-9H2,1-2H3;10-11,15-16H,7-9H2,1-6H3;10-11,15H,8-9H2,1-7H3;2-6,10-11,14H,7-8H2,1H3;6-7,10H,4-5H2,1-3H3;3-4,6-7H,1-2H2,(H,8,9);2*1-2H3/t2*10-,11+;10-,11-;10-,11+;6-,7+;3-,4+;;/m010010../s1. The van der Waals surface area contributed by atoms with E-state index in [4.69, 9.17) is 24.3 Å². The Morgan fingerprint density at radius 3 is 1.25 bits per heavy atom. The van der Waals surface area contributed by atoms with Crippen molar-refractivity contribution in [3.63, 3.8) is 0 Å². The van der Waals surface area contributed by atoms with Crippen molar-refractivity contribution in [2.24, 2.45) is 5.92 Å². The maximum atomic E-state index is 12.2. The summed E-state index contributed by atoms with van der Waals surface area (Å²) in [5, 5.41) is 76.8. The largest absolute Gasteiger partial charge is 0.480 e. The van der Waals surface area contributed by atoms with Crippen LogP contribution in [0, 0.1) is 17.4 Å². The van der Waals surface area contributed by atoms with Gasteiger partial charge in [0, 0.05) is 69.4 Å². The molecule has 2 aromatic carbocycles. The number of aliphatic carboxylic acids is 1. The number of nitrogens with one attached hydrogen (secondary N) is 3. The molecule has 12 atom stereocenters. The molecule has 0 aliphatic carbocycles. The number of sulfonamides is 2. The highest BCUT2D eigenvalue weighted by Crippen LogP contribution is 2.40. The van der Waals surface area contributed by atoms with Crippen LogP contribution in [0.1, 0.15) is 142 Å². The average Bonchev–Trinajstić information content (AvgIpc) is 1.78. The Morgan fingerprint density at radius 2 is 0.958 bits per heavy atom. The number of likely N-dealkylation sites (tertiary alicyclic amines) is 1. The van der Waals surface area contributed by atoms with Crippen molar-refractivity contribution >= 4 is 70.9 Å². The van der Waals surface area contributed by atoms with Gasteiger partial charge in [-0.3, -0.25) is 4.79 Å². The third-order valence-corrected chi connectivity index (χ3v) is 31.1. The lowest BCUT2D eigenvalue weighted by atomic mass is 9.84. The lowest BCUT2D eigenvalue weighted by Crippen LogP contribution is -2.45. The van der Waals surface area contributed by atoms with Crippen LogP contribution in [0.3, 0.4) is 0 Å². The Balaban J connectivity index is 0.000000573. The van der Waals surface area contributed by atoms with Crippen LogP contribution in [0.2, 0.25) is 63.6 Å². The van der Waals surface area contributed by atoms with E-state index in [2.05, 4.69) is 119 Å². The zero-order valence-electron chi connectivity index (χ0n) is 62.2. The Hall–Kier alpha value is -2.81. The molecule has 6 saturated heterocycles. The summed E-state index contributed by atoms with van der Waals surface area (Å²) in [5.74, 6) is -0.129. The summed E-state index contributed by atoms with van der Waals surface area (Å²) in [4.78, 5) is 20.4. The van der Waals surface area contributed by atoms with Crippen molar-refractivity contribution in [1.82, 2.24) is 38.9 Å². The van der Waals surface area contributed by atoms with E-state index in [0.717, 1.165) is 38.4 Å². The van der Waals surface area contributed by atoms with Crippen LogP contribution in [0.25, 0.3) is 0 Å². The van der Waals surface area contributed by atoms with Gasteiger partial charge in [-0.05, 0) is 151 Å². The first kappa shape index (κ1) is 90.2. The van der Waals surface area contributed by atoms with E-state index in [1.807, 2.05) is 64.8 Å². The van der Waals surface area contributed by atoms with Crippen molar-refractivity contribution in [3.05, 3.63) is 60.7 Å². The molecular formula is C64H127B4N9O14S2Si2. The molecule has 0 aromatic heterocycles. The molecule has 95 heavy (non-hydrogen) atoms. The molecule has 23 nitrogen and oxygen atoms in total. The van der Waals surface area contributed by atoms with E-state index in [1.165, 1.54) is 6.42 Å². The minimum atomic E-state index is -3.48. The zero-order chi connectivity index (χ0) is 73.4. The summed E-state index contributed by atoms with van der Waals surface area (Å²) in [6.07, 6.45) is 6.78. The first-order valence-corrected chi connectivity index (χ1v) is 43.3. The number of carboxylic acids is 1. The Morgan fingerprint density at radius 1 is 0.589 bits per heavy atom. The number of nitrogens with zero attached hydrogens (tertiary/aromatic N) is 6. The summed E-state index contributed by atoms with van der Waals surface area (Å²) >= 11 is 0. The molecular weight excluding hydrogens is 1280 g/mol. The SMILES string of the molecule is CB(O)N1C[C@@H](O[Si](C)(C)C(C)(C)C)C[C@@H]1C.CB(O)N1C[C@@H](O[Si](C)(C)C(C)(C)C)C[C@@H]1CO.CB(O)N1C[C@H](C)C[C@@H]1C.CB(O)N1C[C@H](NS(=O)(=O)c2ccccc2)C[C@@H]1C.CC.CC.C[C@H]1C[C@@H](NS(=O)(=O)c2ccccc2)CN1C#N.O=C(O)[C@H]1C[C@H](O)CN1. The van der Waals surface area contributed by atoms with Crippen LogP contribution in [-0.4, -0.2) is 240 Å². The number of carboxylic acid groups (broad SMARTS) is 1. The summed E-state index contributed by atoms with van der Waals surface area (Å²) in [5.41, 5.74) is 0. The van der Waals surface area contributed by atoms with E-state index in [1.54, 1.807) is 79.2 Å². The fraction of sp³-hybridized carbons (Fsp3) is 0.781. The molecule has 0 saturated carbocycles. The van der Waals surface area contributed by atoms with Gasteiger partial charge in [-0.15, -0.1) is 0 Å². The minimum absolute atomic E-state index is 0.0276. The highest BCUT2D eigenvalue weighted by Gasteiger charge is 2.45. The van der Waals surface area contributed by atoms with Gasteiger partial charge >= 0.3 is 34.2 Å². The quantitative estimate of drug-likeness (QED) is 0.0584. The predicted molar refractivity (Wildman–Crippen MR) is 393 cm³/mol. The van der Waals surface area contributed by atoms with Crippen molar-refractivity contribution in [1.29, 1.82) is 5.26 Å². The molecule has 6 fully saturated rings. The summed E-state index contributed by atoms with van der Waals surface area (Å²) < 4.78 is 66.6. The van der Waals surface area contributed by atoms with Gasteiger partial charge in [-0.25, -0.2) is 26.3 Å². The van der Waals surface area contributed by atoms with Crippen molar-refractivity contribution in [2.45, 2.75) is 282 Å². The smallest absolute Gasteiger partial charge is 0.376 e. The molecule has 0 radical (unpaired) electrons. The maximum Gasteiger partial charge on any atom is 0.376 e. The number of nitriles is 1. The number of β-amino-alcohol motifs (C(OH)–C–C–N with tert-alkyl or cyclic N) is 1. The first-order valence-electron chi connectivity index (χ1n) is 34.5. The van der Waals surface area contributed by atoms with E-state index in [9.17, 15) is 46.8 Å². The highest BCUT2D eigenvalue weighted by molar-refractivity contribution is 7.89. The van der Waals surface area contributed by atoms with Crippen LogP contribution < -0.4 is 14.8 Å². The molecule has 0 bridgehead atoms. The van der Waals surface area contributed by atoms with Gasteiger partial charge in [0.1, 0.15) is 6.04 Å². The number of hydrogen-bond donors (Lipinski definition) is 10. The van der Waals surface area contributed by atoms with E-state index >= 15 is 0 Å². The second-order valence-corrected chi connectivity index (χ2v) is 42.0. The minimum Gasteiger partial charge on any atom is -0.480 e. The van der Waals surface area contributed by atoms with Crippen LogP contribution in [-0.2, 0) is 33.7 Å². The van der Waals surface area contributed by atoms with Gasteiger partial charge in [-0.2, -0.15) is 5.26 Å².